The molecule has 1 amide bonds. The van der Waals surface area contributed by atoms with Crippen LogP contribution in [0.1, 0.15) is 11.1 Å². The van der Waals surface area contributed by atoms with Crippen molar-refractivity contribution in [3.63, 3.8) is 0 Å². The molecule has 0 aliphatic heterocycles. The Morgan fingerprint density at radius 2 is 1.77 bits per heavy atom. The Labute approximate surface area is 181 Å². The van der Waals surface area contributed by atoms with E-state index in [1.807, 2.05) is 86.6 Å². The molecule has 0 saturated heterocycles. The average molecular weight is 412 g/mol. The molecule has 31 heavy (non-hydrogen) atoms. The van der Waals surface area contributed by atoms with Crippen molar-refractivity contribution >= 4 is 22.5 Å². The molecule has 0 aliphatic rings. The van der Waals surface area contributed by atoms with Crippen LogP contribution in [0.25, 0.3) is 22.2 Å². The number of nitrogens with one attached hydrogen (secondary N) is 1. The molecule has 0 bridgehead atoms. The fraction of sp³-hybridized carbons (Fsp3) is 0.154. The summed E-state index contributed by atoms with van der Waals surface area (Å²) in [4.78, 5) is 17.2. The first-order valence-corrected chi connectivity index (χ1v) is 10.1. The minimum Gasteiger partial charge on any atom is -0.497 e. The van der Waals surface area contributed by atoms with Gasteiger partial charge in [0.15, 0.2) is 6.61 Å². The van der Waals surface area contributed by atoms with E-state index in [1.54, 1.807) is 7.11 Å². The second kappa shape index (κ2) is 8.88. The van der Waals surface area contributed by atoms with Gasteiger partial charge in [-0.2, -0.15) is 0 Å². The summed E-state index contributed by atoms with van der Waals surface area (Å²) in [7, 11) is 1.63. The summed E-state index contributed by atoms with van der Waals surface area (Å²) in [5.41, 5.74) is 5.53. The highest BCUT2D eigenvalue weighted by atomic mass is 16.5. The minimum absolute atomic E-state index is 0.0987. The van der Waals surface area contributed by atoms with Crippen molar-refractivity contribution in [2.45, 2.75) is 13.8 Å². The molecule has 0 aliphatic carbocycles. The van der Waals surface area contributed by atoms with E-state index < -0.39 is 0 Å². The molecule has 5 nitrogen and oxygen atoms in total. The third-order valence-corrected chi connectivity index (χ3v) is 5.19. The average Bonchev–Trinajstić information content (AvgIpc) is 2.79. The summed E-state index contributed by atoms with van der Waals surface area (Å²) in [5.74, 6) is 1.15. The standard InChI is InChI=1S/C26H24N2O3/c1-17-11-12-20(13-18(17)2)27-26(29)16-31-25-15-24(19-7-6-8-21(14-19)30-3)28-23-10-5-4-9-22(23)25/h4-15H,16H2,1-3H3,(H,27,29). The molecule has 0 radical (unpaired) electrons. The highest BCUT2D eigenvalue weighted by Gasteiger charge is 2.11. The number of para-hydroxylation sites is 1. The number of nitrogens with zero attached hydrogens (tertiary/aromatic N) is 1. The maximum Gasteiger partial charge on any atom is 0.262 e. The number of anilines is 1. The lowest BCUT2D eigenvalue weighted by atomic mass is 10.1. The zero-order chi connectivity index (χ0) is 21.8. The molecule has 0 fully saturated rings. The van der Waals surface area contributed by atoms with Crippen molar-refractivity contribution in [1.29, 1.82) is 0 Å². The van der Waals surface area contributed by atoms with Crippen LogP contribution in [0.3, 0.4) is 0 Å². The topological polar surface area (TPSA) is 60.5 Å². The summed E-state index contributed by atoms with van der Waals surface area (Å²) in [6.07, 6.45) is 0. The number of methoxy groups -OCH3 is 1. The molecular weight excluding hydrogens is 388 g/mol. The lowest BCUT2D eigenvalue weighted by Gasteiger charge is -2.13. The van der Waals surface area contributed by atoms with Crippen LogP contribution in [0.5, 0.6) is 11.5 Å². The van der Waals surface area contributed by atoms with Crippen molar-refractivity contribution in [3.8, 4) is 22.8 Å². The SMILES string of the molecule is COc1cccc(-c2cc(OCC(=O)Nc3ccc(C)c(C)c3)c3ccccc3n2)c1. The molecule has 1 aromatic heterocycles. The van der Waals surface area contributed by atoms with Gasteiger partial charge in [-0.1, -0.05) is 30.3 Å². The van der Waals surface area contributed by atoms with Gasteiger partial charge in [-0.25, -0.2) is 4.98 Å². The number of aryl methyl sites for hydroxylation is 2. The number of fused-ring (bicyclic) bond motifs is 1. The summed E-state index contributed by atoms with van der Waals surface area (Å²) >= 11 is 0. The van der Waals surface area contributed by atoms with Crippen LogP contribution in [0.4, 0.5) is 5.69 Å². The Morgan fingerprint density at radius 1 is 0.935 bits per heavy atom. The third kappa shape index (κ3) is 4.67. The number of carbonyl (C=O) groups is 1. The molecule has 4 rings (SSSR count). The van der Waals surface area contributed by atoms with Crippen molar-refractivity contribution in [1.82, 2.24) is 4.98 Å². The van der Waals surface area contributed by atoms with Crippen LogP contribution in [0, 0.1) is 13.8 Å². The second-order valence-electron chi connectivity index (χ2n) is 7.39. The van der Waals surface area contributed by atoms with Crippen LogP contribution in [0.2, 0.25) is 0 Å². The fourth-order valence-electron chi connectivity index (χ4n) is 3.35. The molecule has 1 heterocycles. The number of amides is 1. The predicted octanol–water partition coefficient (Wildman–Crippen LogP) is 5.54. The third-order valence-electron chi connectivity index (χ3n) is 5.19. The van der Waals surface area contributed by atoms with Gasteiger partial charge in [-0.05, 0) is 61.4 Å². The van der Waals surface area contributed by atoms with E-state index in [4.69, 9.17) is 14.5 Å². The van der Waals surface area contributed by atoms with Gasteiger partial charge in [0.2, 0.25) is 0 Å². The molecule has 156 valence electrons. The van der Waals surface area contributed by atoms with Gasteiger partial charge in [0, 0.05) is 22.7 Å². The Bertz CT molecular complexity index is 1250. The summed E-state index contributed by atoms with van der Waals surface area (Å²) in [6, 6.07) is 23.1. The van der Waals surface area contributed by atoms with Crippen molar-refractivity contribution in [2.24, 2.45) is 0 Å². The first-order valence-electron chi connectivity index (χ1n) is 10.1. The number of ether oxygens (including phenoxy) is 2. The van der Waals surface area contributed by atoms with Gasteiger partial charge in [0.25, 0.3) is 5.91 Å². The largest absolute Gasteiger partial charge is 0.497 e. The van der Waals surface area contributed by atoms with Crippen molar-refractivity contribution < 1.29 is 14.3 Å². The maximum absolute atomic E-state index is 12.5. The first kappa shape index (κ1) is 20.4. The maximum atomic E-state index is 12.5. The van der Waals surface area contributed by atoms with Gasteiger partial charge in [-0.3, -0.25) is 4.79 Å². The zero-order valence-corrected chi connectivity index (χ0v) is 17.8. The number of hydrogen-bond donors (Lipinski definition) is 1. The summed E-state index contributed by atoms with van der Waals surface area (Å²) in [5, 5.41) is 3.75. The Balaban J connectivity index is 1.58. The molecule has 0 unspecified atom stereocenters. The molecule has 3 aromatic carbocycles. The van der Waals surface area contributed by atoms with Gasteiger partial charge in [-0.15, -0.1) is 0 Å². The summed E-state index contributed by atoms with van der Waals surface area (Å²) in [6.45, 7) is 3.96. The Hall–Kier alpha value is -3.86. The number of hydrogen-bond acceptors (Lipinski definition) is 4. The van der Waals surface area contributed by atoms with E-state index in [0.29, 0.717) is 5.75 Å². The minimum atomic E-state index is -0.216. The molecule has 4 aromatic rings. The highest BCUT2D eigenvalue weighted by Crippen LogP contribution is 2.31. The van der Waals surface area contributed by atoms with E-state index >= 15 is 0 Å². The zero-order valence-electron chi connectivity index (χ0n) is 17.8. The van der Waals surface area contributed by atoms with E-state index in [2.05, 4.69) is 5.32 Å². The summed E-state index contributed by atoms with van der Waals surface area (Å²) < 4.78 is 11.3. The molecule has 0 saturated carbocycles. The van der Waals surface area contributed by atoms with Crippen LogP contribution >= 0.6 is 0 Å². The molecule has 1 N–H and O–H groups in total. The van der Waals surface area contributed by atoms with Gasteiger partial charge in [0.05, 0.1) is 18.3 Å². The quantitative estimate of drug-likeness (QED) is 0.451. The first-order chi connectivity index (χ1) is 15.0. The number of carbonyl (C=O) groups excluding carboxylic acids is 1. The molecular formula is C26H24N2O3. The van der Waals surface area contributed by atoms with Gasteiger partial charge >= 0.3 is 0 Å². The van der Waals surface area contributed by atoms with Gasteiger partial charge in [0.1, 0.15) is 11.5 Å². The lowest BCUT2D eigenvalue weighted by molar-refractivity contribution is -0.118. The Kier molecular flexibility index (Phi) is 5.85. The number of rotatable bonds is 6. The fourth-order valence-corrected chi connectivity index (χ4v) is 3.35. The van der Waals surface area contributed by atoms with Crippen LogP contribution in [0.15, 0.2) is 72.8 Å². The van der Waals surface area contributed by atoms with Crippen LogP contribution in [-0.4, -0.2) is 24.6 Å². The number of benzene rings is 3. The second-order valence-corrected chi connectivity index (χ2v) is 7.39. The molecule has 0 atom stereocenters. The smallest absolute Gasteiger partial charge is 0.262 e. The van der Waals surface area contributed by atoms with Crippen molar-refractivity contribution in [2.75, 3.05) is 19.0 Å². The lowest BCUT2D eigenvalue weighted by Crippen LogP contribution is -2.20. The van der Waals surface area contributed by atoms with Crippen LogP contribution < -0.4 is 14.8 Å². The van der Waals surface area contributed by atoms with E-state index in [1.165, 1.54) is 5.56 Å². The van der Waals surface area contributed by atoms with Gasteiger partial charge < -0.3 is 14.8 Å². The van der Waals surface area contributed by atoms with Crippen LogP contribution in [-0.2, 0) is 4.79 Å². The Morgan fingerprint density at radius 3 is 2.58 bits per heavy atom. The van der Waals surface area contributed by atoms with Crippen molar-refractivity contribution in [3.05, 3.63) is 83.9 Å². The number of pyridine rings is 1. The van der Waals surface area contributed by atoms with E-state index in [9.17, 15) is 4.79 Å². The molecule has 5 heteroatoms. The van der Waals surface area contributed by atoms with E-state index in [0.717, 1.165) is 39.2 Å². The number of aromatic nitrogens is 1. The predicted molar refractivity (Wildman–Crippen MR) is 124 cm³/mol. The molecule has 0 spiro atoms. The van der Waals surface area contributed by atoms with E-state index in [-0.39, 0.29) is 12.5 Å². The monoisotopic (exact) mass is 412 g/mol. The highest BCUT2D eigenvalue weighted by molar-refractivity contribution is 5.93. The normalized spacial score (nSPS) is 10.7.